The molecule has 0 aromatic rings. The van der Waals surface area contributed by atoms with E-state index in [1.807, 2.05) is 0 Å². The highest BCUT2D eigenvalue weighted by Gasteiger charge is 2.32. The maximum Gasteiger partial charge on any atom is 0.335 e. The van der Waals surface area contributed by atoms with Gasteiger partial charge in [-0.2, -0.15) is 0 Å². The smallest absolute Gasteiger partial charge is 0.335 e. The van der Waals surface area contributed by atoms with Gasteiger partial charge < -0.3 is 9.84 Å². The second kappa shape index (κ2) is 4.61. The Labute approximate surface area is 79.1 Å². The first-order valence-electron chi connectivity index (χ1n) is 4.99. The van der Waals surface area contributed by atoms with E-state index in [2.05, 4.69) is 6.92 Å². The third-order valence-corrected chi connectivity index (χ3v) is 2.71. The standard InChI is InChI=1S/C10H18O3/c1-3-13-10(12)9(11)8-5-4-7(2)6-8/h7-9,11H,3-6H2,1-2H3. The number of carbonyl (C=O) groups is 1. The topological polar surface area (TPSA) is 46.5 Å². The normalized spacial score (nSPS) is 30.1. The molecule has 3 unspecified atom stereocenters. The van der Waals surface area contributed by atoms with Crippen molar-refractivity contribution in [3.05, 3.63) is 0 Å². The first-order chi connectivity index (χ1) is 6.15. The average Bonchev–Trinajstić information content (AvgIpc) is 2.51. The van der Waals surface area contributed by atoms with Crippen molar-refractivity contribution in [1.29, 1.82) is 0 Å². The van der Waals surface area contributed by atoms with Crippen molar-refractivity contribution in [3.63, 3.8) is 0 Å². The summed E-state index contributed by atoms with van der Waals surface area (Å²) in [5, 5.41) is 9.59. The quantitative estimate of drug-likeness (QED) is 0.677. The van der Waals surface area contributed by atoms with E-state index >= 15 is 0 Å². The molecule has 0 amide bonds. The van der Waals surface area contributed by atoms with Gasteiger partial charge in [-0.25, -0.2) is 4.79 Å². The fraction of sp³-hybridized carbons (Fsp3) is 0.900. The Morgan fingerprint density at radius 1 is 1.62 bits per heavy atom. The van der Waals surface area contributed by atoms with E-state index in [4.69, 9.17) is 4.74 Å². The van der Waals surface area contributed by atoms with Gasteiger partial charge in [-0.3, -0.25) is 0 Å². The minimum Gasteiger partial charge on any atom is -0.464 e. The molecule has 76 valence electrons. The van der Waals surface area contributed by atoms with Crippen molar-refractivity contribution in [2.24, 2.45) is 11.8 Å². The SMILES string of the molecule is CCOC(=O)C(O)C1CCC(C)C1. The Bertz CT molecular complexity index is 179. The number of rotatable bonds is 3. The Morgan fingerprint density at radius 2 is 2.31 bits per heavy atom. The predicted molar refractivity (Wildman–Crippen MR) is 49.1 cm³/mol. The van der Waals surface area contributed by atoms with Crippen LogP contribution in [0.2, 0.25) is 0 Å². The molecule has 1 fully saturated rings. The molecule has 3 nitrogen and oxygen atoms in total. The van der Waals surface area contributed by atoms with Gasteiger partial charge >= 0.3 is 5.97 Å². The number of esters is 1. The van der Waals surface area contributed by atoms with Crippen LogP contribution in [0.25, 0.3) is 0 Å². The zero-order valence-electron chi connectivity index (χ0n) is 8.32. The summed E-state index contributed by atoms with van der Waals surface area (Å²) in [6.45, 7) is 4.25. The van der Waals surface area contributed by atoms with Crippen LogP contribution in [0.5, 0.6) is 0 Å². The molecule has 0 spiro atoms. The molecular weight excluding hydrogens is 168 g/mol. The predicted octanol–water partition coefficient (Wildman–Crippen LogP) is 1.35. The fourth-order valence-electron chi connectivity index (χ4n) is 1.96. The van der Waals surface area contributed by atoms with Crippen LogP contribution in [0.1, 0.15) is 33.1 Å². The van der Waals surface area contributed by atoms with E-state index in [0.717, 1.165) is 19.3 Å². The molecule has 0 aromatic carbocycles. The van der Waals surface area contributed by atoms with Gasteiger partial charge in [0, 0.05) is 0 Å². The number of ether oxygens (including phenoxy) is 1. The second-order valence-electron chi connectivity index (χ2n) is 3.88. The molecule has 1 rings (SSSR count). The molecule has 1 saturated carbocycles. The highest BCUT2D eigenvalue weighted by molar-refractivity contribution is 5.74. The molecule has 0 heterocycles. The summed E-state index contributed by atoms with van der Waals surface area (Å²) in [4.78, 5) is 11.2. The summed E-state index contributed by atoms with van der Waals surface area (Å²) in [6, 6.07) is 0. The van der Waals surface area contributed by atoms with Crippen molar-refractivity contribution in [2.45, 2.75) is 39.2 Å². The van der Waals surface area contributed by atoms with Gasteiger partial charge in [-0.15, -0.1) is 0 Å². The van der Waals surface area contributed by atoms with Crippen molar-refractivity contribution in [2.75, 3.05) is 6.61 Å². The summed E-state index contributed by atoms with van der Waals surface area (Å²) >= 11 is 0. The van der Waals surface area contributed by atoms with Gasteiger partial charge in [0.05, 0.1) is 6.61 Å². The maximum atomic E-state index is 11.2. The molecule has 0 radical (unpaired) electrons. The number of aliphatic hydroxyl groups excluding tert-OH is 1. The first-order valence-corrected chi connectivity index (χ1v) is 4.99. The molecule has 1 N–H and O–H groups in total. The Balaban J connectivity index is 2.38. The van der Waals surface area contributed by atoms with Crippen LogP contribution in [0.4, 0.5) is 0 Å². The van der Waals surface area contributed by atoms with Gasteiger partial charge in [-0.05, 0) is 31.6 Å². The third kappa shape index (κ3) is 2.69. The van der Waals surface area contributed by atoms with Crippen molar-refractivity contribution in [3.8, 4) is 0 Å². The lowest BCUT2D eigenvalue weighted by Crippen LogP contribution is -2.30. The summed E-state index contributed by atoms with van der Waals surface area (Å²) in [5.74, 6) is 0.296. The number of aliphatic hydroxyl groups is 1. The summed E-state index contributed by atoms with van der Waals surface area (Å²) in [7, 11) is 0. The van der Waals surface area contributed by atoms with E-state index in [1.54, 1.807) is 6.92 Å². The molecule has 3 atom stereocenters. The molecule has 1 aliphatic carbocycles. The zero-order valence-corrected chi connectivity index (χ0v) is 8.32. The number of carbonyl (C=O) groups excluding carboxylic acids is 1. The van der Waals surface area contributed by atoms with E-state index < -0.39 is 12.1 Å². The van der Waals surface area contributed by atoms with Crippen molar-refractivity contribution >= 4 is 5.97 Å². The van der Waals surface area contributed by atoms with Crippen LogP contribution in [0, 0.1) is 11.8 Å². The largest absolute Gasteiger partial charge is 0.464 e. The molecule has 0 saturated heterocycles. The number of hydrogen-bond donors (Lipinski definition) is 1. The van der Waals surface area contributed by atoms with Crippen molar-refractivity contribution in [1.82, 2.24) is 0 Å². The Morgan fingerprint density at radius 3 is 2.77 bits per heavy atom. The molecular formula is C10H18O3. The van der Waals surface area contributed by atoms with Gasteiger partial charge in [0.25, 0.3) is 0 Å². The molecule has 13 heavy (non-hydrogen) atoms. The van der Waals surface area contributed by atoms with Gasteiger partial charge in [-0.1, -0.05) is 13.3 Å². The maximum absolute atomic E-state index is 11.2. The first kappa shape index (κ1) is 10.5. The Hall–Kier alpha value is -0.570. The molecule has 1 aliphatic rings. The van der Waals surface area contributed by atoms with E-state index in [-0.39, 0.29) is 5.92 Å². The monoisotopic (exact) mass is 186 g/mol. The summed E-state index contributed by atoms with van der Waals surface area (Å²) < 4.78 is 4.76. The third-order valence-electron chi connectivity index (χ3n) is 2.71. The van der Waals surface area contributed by atoms with Crippen LogP contribution >= 0.6 is 0 Å². The van der Waals surface area contributed by atoms with Gasteiger partial charge in [0.2, 0.25) is 0 Å². The van der Waals surface area contributed by atoms with Gasteiger partial charge in [0.15, 0.2) is 6.10 Å². The van der Waals surface area contributed by atoms with Crippen LogP contribution in [0.15, 0.2) is 0 Å². The molecule has 0 aliphatic heterocycles. The lowest BCUT2D eigenvalue weighted by atomic mass is 10.00. The lowest BCUT2D eigenvalue weighted by Gasteiger charge is -2.15. The van der Waals surface area contributed by atoms with E-state index in [1.165, 1.54) is 0 Å². The van der Waals surface area contributed by atoms with E-state index in [9.17, 15) is 9.90 Å². The Kier molecular flexibility index (Phi) is 3.72. The van der Waals surface area contributed by atoms with Crippen molar-refractivity contribution < 1.29 is 14.6 Å². The molecule has 3 heteroatoms. The minimum absolute atomic E-state index is 0.119. The van der Waals surface area contributed by atoms with E-state index in [0.29, 0.717) is 12.5 Å². The fourth-order valence-corrected chi connectivity index (χ4v) is 1.96. The molecule has 0 bridgehead atoms. The highest BCUT2D eigenvalue weighted by atomic mass is 16.5. The average molecular weight is 186 g/mol. The highest BCUT2D eigenvalue weighted by Crippen LogP contribution is 2.32. The van der Waals surface area contributed by atoms with Crippen LogP contribution in [0.3, 0.4) is 0 Å². The summed E-state index contributed by atoms with van der Waals surface area (Å²) in [6.07, 6.45) is 2.10. The second-order valence-corrected chi connectivity index (χ2v) is 3.88. The van der Waals surface area contributed by atoms with Crippen LogP contribution in [-0.2, 0) is 9.53 Å². The zero-order chi connectivity index (χ0) is 9.84. The molecule has 0 aromatic heterocycles. The summed E-state index contributed by atoms with van der Waals surface area (Å²) in [5.41, 5.74) is 0. The van der Waals surface area contributed by atoms with Gasteiger partial charge in [0.1, 0.15) is 0 Å². The number of hydrogen-bond acceptors (Lipinski definition) is 3. The minimum atomic E-state index is -0.898. The lowest BCUT2D eigenvalue weighted by molar-refractivity contribution is -0.155. The van der Waals surface area contributed by atoms with Crippen LogP contribution in [-0.4, -0.2) is 23.8 Å². The van der Waals surface area contributed by atoms with Crippen LogP contribution < -0.4 is 0 Å².